The van der Waals surface area contributed by atoms with Gasteiger partial charge in [0, 0.05) is 17.1 Å². The topological polar surface area (TPSA) is 62.7 Å². The Balaban J connectivity index is 1.84. The van der Waals surface area contributed by atoms with Crippen molar-refractivity contribution in [3.05, 3.63) is 63.9 Å². The van der Waals surface area contributed by atoms with Gasteiger partial charge in [-0.3, -0.25) is 4.98 Å². The second-order valence-corrected chi connectivity index (χ2v) is 8.18. The van der Waals surface area contributed by atoms with Gasteiger partial charge in [-0.15, -0.1) is 0 Å². The van der Waals surface area contributed by atoms with Crippen molar-refractivity contribution in [2.45, 2.75) is 25.6 Å². The minimum Gasteiger partial charge on any atom is -0.465 e. The van der Waals surface area contributed by atoms with Crippen molar-refractivity contribution in [2.75, 3.05) is 20.2 Å². The molecule has 1 aromatic carbocycles. The SMILES string of the molecule is COC(=O)C1=Cc2cccnc2C(C2CCN(B(C)O)CC2)c2ccc(Cl)cc21. The van der Waals surface area contributed by atoms with Crippen molar-refractivity contribution in [1.82, 2.24) is 9.79 Å². The van der Waals surface area contributed by atoms with Crippen LogP contribution in [0.2, 0.25) is 11.8 Å². The van der Waals surface area contributed by atoms with Crippen LogP contribution in [0.25, 0.3) is 11.6 Å². The minimum absolute atomic E-state index is 0.0491. The van der Waals surface area contributed by atoms with Crippen molar-refractivity contribution >= 4 is 36.3 Å². The van der Waals surface area contributed by atoms with Crippen LogP contribution in [0.3, 0.4) is 0 Å². The molecule has 1 aromatic heterocycles. The van der Waals surface area contributed by atoms with E-state index in [9.17, 15) is 9.82 Å². The van der Waals surface area contributed by atoms with Crippen LogP contribution >= 0.6 is 11.6 Å². The van der Waals surface area contributed by atoms with E-state index in [0.29, 0.717) is 16.5 Å². The lowest BCUT2D eigenvalue weighted by Gasteiger charge is -2.37. The fourth-order valence-corrected chi connectivity index (χ4v) is 4.78. The van der Waals surface area contributed by atoms with E-state index in [1.54, 1.807) is 0 Å². The van der Waals surface area contributed by atoms with E-state index in [0.717, 1.165) is 48.3 Å². The third kappa shape index (κ3) is 3.85. The molecular weight excluding hydrogens is 387 g/mol. The third-order valence-electron chi connectivity index (χ3n) is 6.09. The van der Waals surface area contributed by atoms with Gasteiger partial charge < -0.3 is 14.6 Å². The normalized spacial score (nSPS) is 19.6. The van der Waals surface area contributed by atoms with Gasteiger partial charge in [0.25, 0.3) is 0 Å². The molecule has 1 fully saturated rings. The van der Waals surface area contributed by atoms with E-state index in [1.165, 1.54) is 7.11 Å². The molecule has 1 N–H and O–H groups in total. The fraction of sp³-hybridized carbons (Fsp3) is 0.364. The molecule has 1 aliphatic carbocycles. The molecule has 1 unspecified atom stereocenters. The first-order chi connectivity index (χ1) is 14.0. The molecule has 7 heteroatoms. The third-order valence-corrected chi connectivity index (χ3v) is 6.32. The van der Waals surface area contributed by atoms with Gasteiger partial charge in [0.05, 0.1) is 18.4 Å². The zero-order chi connectivity index (χ0) is 20.5. The number of piperidine rings is 1. The monoisotopic (exact) mass is 410 g/mol. The Morgan fingerprint density at radius 3 is 2.76 bits per heavy atom. The van der Waals surface area contributed by atoms with Crippen molar-refractivity contribution in [2.24, 2.45) is 5.92 Å². The second kappa shape index (κ2) is 8.30. The van der Waals surface area contributed by atoms with E-state index in [4.69, 9.17) is 21.3 Å². The van der Waals surface area contributed by atoms with E-state index >= 15 is 0 Å². The molecule has 150 valence electrons. The highest BCUT2D eigenvalue weighted by Gasteiger charge is 2.36. The number of halogens is 1. The number of esters is 1. The Morgan fingerprint density at radius 2 is 2.07 bits per heavy atom. The van der Waals surface area contributed by atoms with Crippen molar-refractivity contribution < 1.29 is 14.6 Å². The summed E-state index contributed by atoms with van der Waals surface area (Å²) in [6.07, 6.45) is 5.57. The fourth-order valence-electron chi connectivity index (χ4n) is 4.61. The van der Waals surface area contributed by atoms with Gasteiger partial charge in [0.2, 0.25) is 0 Å². The first kappa shape index (κ1) is 20.1. The molecule has 0 bridgehead atoms. The number of nitrogens with zero attached hydrogens (tertiary/aromatic N) is 2. The average Bonchev–Trinajstić information content (AvgIpc) is 2.87. The summed E-state index contributed by atoms with van der Waals surface area (Å²) in [5.74, 6) is 0.0184. The summed E-state index contributed by atoms with van der Waals surface area (Å²) < 4.78 is 5.07. The lowest BCUT2D eigenvalue weighted by atomic mass is 9.73. The average molecular weight is 411 g/mol. The highest BCUT2D eigenvalue weighted by molar-refractivity contribution is 6.45. The Bertz CT molecular complexity index is 955. The van der Waals surface area contributed by atoms with Crippen LogP contribution in [0, 0.1) is 5.92 Å². The number of methoxy groups -OCH3 is 1. The molecule has 1 saturated heterocycles. The van der Waals surface area contributed by atoms with Crippen molar-refractivity contribution in [3.8, 4) is 0 Å². The van der Waals surface area contributed by atoms with Gasteiger partial charge in [-0.25, -0.2) is 4.79 Å². The molecule has 29 heavy (non-hydrogen) atoms. The number of aromatic nitrogens is 1. The Labute approximate surface area is 176 Å². The van der Waals surface area contributed by atoms with Crippen LogP contribution in [0.5, 0.6) is 0 Å². The summed E-state index contributed by atoms with van der Waals surface area (Å²) in [6.45, 7) is 3.48. The number of hydrogen-bond donors (Lipinski definition) is 1. The van der Waals surface area contributed by atoms with Crippen LogP contribution in [-0.2, 0) is 9.53 Å². The van der Waals surface area contributed by atoms with Crippen LogP contribution < -0.4 is 0 Å². The number of carbonyl (C=O) groups is 1. The quantitative estimate of drug-likeness (QED) is 0.617. The van der Waals surface area contributed by atoms with Gasteiger partial charge in [0.15, 0.2) is 0 Å². The maximum Gasteiger partial charge on any atom is 0.376 e. The summed E-state index contributed by atoms with van der Waals surface area (Å²) in [5.41, 5.74) is 4.28. The predicted molar refractivity (Wildman–Crippen MR) is 116 cm³/mol. The molecule has 0 radical (unpaired) electrons. The molecule has 2 aromatic rings. The zero-order valence-electron chi connectivity index (χ0n) is 16.6. The number of carbonyl (C=O) groups excluding carboxylic acids is 1. The van der Waals surface area contributed by atoms with Crippen LogP contribution in [0.15, 0.2) is 36.5 Å². The largest absolute Gasteiger partial charge is 0.465 e. The van der Waals surface area contributed by atoms with Gasteiger partial charge in [0.1, 0.15) is 0 Å². The summed E-state index contributed by atoms with van der Waals surface area (Å²) in [5, 5.41) is 10.5. The van der Waals surface area contributed by atoms with E-state index < -0.39 is 7.05 Å². The summed E-state index contributed by atoms with van der Waals surface area (Å²) in [7, 11) is 0.959. The zero-order valence-corrected chi connectivity index (χ0v) is 17.4. The van der Waals surface area contributed by atoms with E-state index in [2.05, 4.69) is 4.81 Å². The minimum atomic E-state index is -0.436. The molecule has 2 aliphatic rings. The predicted octanol–water partition coefficient (Wildman–Crippen LogP) is 3.72. The number of benzene rings is 1. The summed E-state index contributed by atoms with van der Waals surface area (Å²) in [4.78, 5) is 19.4. The van der Waals surface area contributed by atoms with Crippen LogP contribution in [0.1, 0.15) is 41.1 Å². The molecule has 2 heterocycles. The standard InChI is InChI=1S/C22H24BClN2O3/c1-23(28)26-10-7-14(8-11-26)20-17-6-5-16(24)13-18(17)19(22(27)29-2)12-15-4-3-9-25-21(15)20/h3-6,9,12-14,20,28H,7-8,10-11H2,1-2H3. The Kier molecular flexibility index (Phi) is 5.77. The van der Waals surface area contributed by atoms with E-state index in [1.807, 2.05) is 49.4 Å². The van der Waals surface area contributed by atoms with E-state index in [-0.39, 0.29) is 11.9 Å². The molecule has 1 atom stereocenters. The smallest absolute Gasteiger partial charge is 0.376 e. The molecule has 1 aliphatic heterocycles. The van der Waals surface area contributed by atoms with Gasteiger partial charge in [-0.2, -0.15) is 0 Å². The second-order valence-electron chi connectivity index (χ2n) is 7.74. The lowest BCUT2D eigenvalue weighted by Crippen LogP contribution is -2.44. The number of pyridine rings is 1. The maximum absolute atomic E-state index is 12.6. The van der Waals surface area contributed by atoms with Crippen LogP contribution in [0.4, 0.5) is 0 Å². The van der Waals surface area contributed by atoms with Crippen LogP contribution in [-0.4, -0.2) is 48.0 Å². The molecule has 0 spiro atoms. The Hall–Kier alpha value is -2.15. The molecule has 0 saturated carbocycles. The number of rotatable bonds is 3. The highest BCUT2D eigenvalue weighted by atomic mass is 35.5. The van der Waals surface area contributed by atoms with Crippen molar-refractivity contribution in [3.63, 3.8) is 0 Å². The van der Waals surface area contributed by atoms with Gasteiger partial charge >= 0.3 is 13.0 Å². The number of ether oxygens (including phenoxy) is 1. The lowest BCUT2D eigenvalue weighted by molar-refractivity contribution is -0.133. The summed E-state index contributed by atoms with van der Waals surface area (Å²) in [6, 6.07) is 9.63. The highest BCUT2D eigenvalue weighted by Crippen LogP contribution is 2.45. The first-order valence-corrected chi connectivity index (χ1v) is 10.3. The van der Waals surface area contributed by atoms with Gasteiger partial charge in [-0.05, 0) is 79.6 Å². The summed E-state index contributed by atoms with van der Waals surface area (Å²) >= 11 is 6.31. The first-order valence-electron chi connectivity index (χ1n) is 9.96. The maximum atomic E-state index is 12.6. The van der Waals surface area contributed by atoms with Gasteiger partial charge in [-0.1, -0.05) is 23.7 Å². The number of fused-ring (bicyclic) bond motifs is 2. The number of hydrogen-bond acceptors (Lipinski definition) is 5. The molecule has 4 rings (SSSR count). The Morgan fingerprint density at radius 1 is 1.31 bits per heavy atom. The molecular formula is C22H24BClN2O3. The van der Waals surface area contributed by atoms with Crippen molar-refractivity contribution in [1.29, 1.82) is 0 Å². The molecule has 0 amide bonds. The molecule has 5 nitrogen and oxygen atoms in total.